The van der Waals surface area contributed by atoms with E-state index in [1.807, 2.05) is 4.90 Å². The molecule has 0 bridgehead atoms. The summed E-state index contributed by atoms with van der Waals surface area (Å²) in [6.45, 7) is 5.69. The van der Waals surface area contributed by atoms with Crippen LogP contribution in [0.5, 0.6) is 0 Å². The summed E-state index contributed by atoms with van der Waals surface area (Å²) in [6, 6.07) is 0.363. The van der Waals surface area contributed by atoms with E-state index in [-0.39, 0.29) is 5.91 Å². The molecule has 0 aromatic carbocycles. The standard InChI is InChI=1S/C11H17N5O/c1-8-2-3-15(6-8)11(17)10-7-16(14-13-10)9-4-12-5-9/h7-9,12H,2-6H2,1H3. The second kappa shape index (κ2) is 4.10. The van der Waals surface area contributed by atoms with Gasteiger partial charge in [-0.25, -0.2) is 4.68 Å². The summed E-state index contributed by atoms with van der Waals surface area (Å²) in [5.41, 5.74) is 0.478. The first kappa shape index (κ1) is 10.7. The lowest BCUT2D eigenvalue weighted by atomic mass is 10.2. The lowest BCUT2D eigenvalue weighted by Crippen LogP contribution is -2.43. The number of carbonyl (C=O) groups excluding carboxylic acids is 1. The molecule has 2 aliphatic heterocycles. The molecule has 3 heterocycles. The lowest BCUT2D eigenvalue weighted by molar-refractivity contribution is 0.0782. The molecule has 92 valence electrons. The van der Waals surface area contributed by atoms with Crippen LogP contribution in [-0.2, 0) is 0 Å². The summed E-state index contributed by atoms with van der Waals surface area (Å²) in [7, 11) is 0. The van der Waals surface area contributed by atoms with Gasteiger partial charge in [-0.2, -0.15) is 0 Å². The maximum absolute atomic E-state index is 12.1. The van der Waals surface area contributed by atoms with Crippen LogP contribution < -0.4 is 5.32 Å². The number of carbonyl (C=O) groups is 1. The molecule has 2 fully saturated rings. The normalized spacial score (nSPS) is 25.0. The fourth-order valence-electron chi connectivity index (χ4n) is 2.30. The van der Waals surface area contributed by atoms with Crippen molar-refractivity contribution in [2.45, 2.75) is 19.4 Å². The highest BCUT2D eigenvalue weighted by atomic mass is 16.2. The van der Waals surface area contributed by atoms with Crippen molar-refractivity contribution in [1.82, 2.24) is 25.2 Å². The highest BCUT2D eigenvalue weighted by molar-refractivity contribution is 5.92. The quantitative estimate of drug-likeness (QED) is 0.778. The minimum Gasteiger partial charge on any atom is -0.337 e. The summed E-state index contributed by atoms with van der Waals surface area (Å²) in [6.07, 6.45) is 2.86. The van der Waals surface area contributed by atoms with Gasteiger partial charge in [0.15, 0.2) is 5.69 Å². The Balaban J connectivity index is 1.70. The summed E-state index contributed by atoms with van der Waals surface area (Å²) in [5, 5.41) is 11.2. The van der Waals surface area contributed by atoms with Crippen LogP contribution in [0.15, 0.2) is 6.20 Å². The van der Waals surface area contributed by atoms with Crippen LogP contribution in [0.4, 0.5) is 0 Å². The number of aromatic nitrogens is 3. The first-order valence-corrected chi connectivity index (χ1v) is 6.16. The molecular formula is C11H17N5O. The van der Waals surface area contributed by atoms with Gasteiger partial charge in [-0.05, 0) is 12.3 Å². The van der Waals surface area contributed by atoms with Gasteiger partial charge >= 0.3 is 0 Å². The minimum absolute atomic E-state index is 0.0212. The van der Waals surface area contributed by atoms with E-state index >= 15 is 0 Å². The van der Waals surface area contributed by atoms with Crippen molar-refractivity contribution in [3.8, 4) is 0 Å². The number of hydrogen-bond donors (Lipinski definition) is 1. The number of nitrogens with one attached hydrogen (secondary N) is 1. The van der Waals surface area contributed by atoms with E-state index in [1.165, 1.54) is 0 Å². The molecule has 1 N–H and O–H groups in total. The van der Waals surface area contributed by atoms with Crippen LogP contribution >= 0.6 is 0 Å². The molecule has 1 unspecified atom stereocenters. The third kappa shape index (κ3) is 1.93. The van der Waals surface area contributed by atoms with E-state index < -0.39 is 0 Å². The first-order valence-electron chi connectivity index (χ1n) is 6.16. The maximum Gasteiger partial charge on any atom is 0.276 e. The number of nitrogens with zero attached hydrogens (tertiary/aromatic N) is 4. The van der Waals surface area contributed by atoms with Gasteiger partial charge < -0.3 is 10.2 Å². The van der Waals surface area contributed by atoms with Crippen LogP contribution in [0.25, 0.3) is 0 Å². The molecular weight excluding hydrogens is 218 g/mol. The van der Waals surface area contributed by atoms with E-state index in [1.54, 1.807) is 10.9 Å². The predicted octanol–water partition coefficient (Wildman–Crippen LogP) is -0.0956. The molecule has 0 spiro atoms. The fourth-order valence-corrected chi connectivity index (χ4v) is 2.30. The number of rotatable bonds is 2. The van der Waals surface area contributed by atoms with Gasteiger partial charge in [0.1, 0.15) is 0 Å². The average Bonchev–Trinajstić information content (AvgIpc) is 2.84. The fraction of sp³-hybridized carbons (Fsp3) is 0.727. The molecule has 1 aromatic rings. The molecule has 0 radical (unpaired) electrons. The van der Waals surface area contributed by atoms with Gasteiger partial charge in [0.2, 0.25) is 0 Å². The maximum atomic E-state index is 12.1. The second-order valence-corrected chi connectivity index (χ2v) is 5.04. The van der Waals surface area contributed by atoms with Crippen molar-refractivity contribution in [3.63, 3.8) is 0 Å². The lowest BCUT2D eigenvalue weighted by Gasteiger charge is -2.26. The number of hydrogen-bond acceptors (Lipinski definition) is 4. The zero-order chi connectivity index (χ0) is 11.8. The van der Waals surface area contributed by atoms with E-state index in [0.717, 1.165) is 32.6 Å². The Hall–Kier alpha value is -1.43. The van der Waals surface area contributed by atoms with Crippen molar-refractivity contribution in [2.24, 2.45) is 5.92 Å². The molecule has 6 heteroatoms. The molecule has 0 aliphatic carbocycles. The van der Waals surface area contributed by atoms with Gasteiger partial charge in [0.25, 0.3) is 5.91 Å². The van der Waals surface area contributed by atoms with E-state index in [2.05, 4.69) is 22.6 Å². The van der Waals surface area contributed by atoms with Gasteiger partial charge in [-0.15, -0.1) is 5.10 Å². The van der Waals surface area contributed by atoms with Crippen molar-refractivity contribution in [3.05, 3.63) is 11.9 Å². The molecule has 2 aliphatic rings. The molecule has 1 aromatic heterocycles. The van der Waals surface area contributed by atoms with Crippen molar-refractivity contribution in [2.75, 3.05) is 26.2 Å². The molecule has 3 rings (SSSR count). The minimum atomic E-state index is 0.0212. The van der Waals surface area contributed by atoms with E-state index in [9.17, 15) is 4.79 Å². The van der Waals surface area contributed by atoms with Crippen molar-refractivity contribution >= 4 is 5.91 Å². The molecule has 2 saturated heterocycles. The van der Waals surface area contributed by atoms with E-state index in [0.29, 0.717) is 17.7 Å². The van der Waals surface area contributed by atoms with Crippen molar-refractivity contribution < 1.29 is 4.79 Å². The highest BCUT2D eigenvalue weighted by Gasteiger charge is 2.27. The summed E-state index contributed by atoms with van der Waals surface area (Å²) >= 11 is 0. The van der Waals surface area contributed by atoms with Crippen LogP contribution in [0, 0.1) is 5.92 Å². The Kier molecular flexibility index (Phi) is 2.58. The zero-order valence-electron chi connectivity index (χ0n) is 9.96. The second-order valence-electron chi connectivity index (χ2n) is 5.04. The molecule has 0 saturated carbocycles. The zero-order valence-corrected chi connectivity index (χ0v) is 9.96. The predicted molar refractivity (Wildman–Crippen MR) is 61.6 cm³/mol. The van der Waals surface area contributed by atoms with Gasteiger partial charge in [0.05, 0.1) is 12.2 Å². The van der Waals surface area contributed by atoms with Crippen LogP contribution in [0.1, 0.15) is 29.9 Å². The summed E-state index contributed by atoms with van der Waals surface area (Å²) in [5.74, 6) is 0.623. The largest absolute Gasteiger partial charge is 0.337 e. The third-order valence-corrected chi connectivity index (χ3v) is 3.57. The van der Waals surface area contributed by atoms with Gasteiger partial charge in [0, 0.05) is 26.2 Å². The van der Waals surface area contributed by atoms with Crippen LogP contribution in [-0.4, -0.2) is 52.0 Å². The Morgan fingerprint density at radius 1 is 1.53 bits per heavy atom. The van der Waals surface area contributed by atoms with Crippen LogP contribution in [0.2, 0.25) is 0 Å². The molecule has 17 heavy (non-hydrogen) atoms. The summed E-state index contributed by atoms with van der Waals surface area (Å²) in [4.78, 5) is 14.0. The monoisotopic (exact) mass is 235 g/mol. The Morgan fingerprint density at radius 3 is 2.94 bits per heavy atom. The topological polar surface area (TPSA) is 63.1 Å². The molecule has 6 nitrogen and oxygen atoms in total. The number of amides is 1. The first-order chi connectivity index (χ1) is 8.24. The SMILES string of the molecule is CC1CCN(C(=O)c2cn(C3CNC3)nn2)C1. The number of likely N-dealkylation sites (tertiary alicyclic amines) is 1. The average molecular weight is 235 g/mol. The van der Waals surface area contributed by atoms with E-state index in [4.69, 9.17) is 0 Å². The Bertz CT molecular complexity index is 425. The Morgan fingerprint density at radius 2 is 2.35 bits per heavy atom. The van der Waals surface area contributed by atoms with Gasteiger partial charge in [-0.1, -0.05) is 12.1 Å². The highest BCUT2D eigenvalue weighted by Crippen LogP contribution is 2.17. The molecule has 1 atom stereocenters. The van der Waals surface area contributed by atoms with Gasteiger partial charge in [-0.3, -0.25) is 4.79 Å². The Labute approximate surface area is 100.0 Å². The third-order valence-electron chi connectivity index (χ3n) is 3.57. The van der Waals surface area contributed by atoms with Crippen LogP contribution in [0.3, 0.4) is 0 Å². The molecule has 1 amide bonds. The van der Waals surface area contributed by atoms with Crippen molar-refractivity contribution in [1.29, 1.82) is 0 Å². The smallest absolute Gasteiger partial charge is 0.276 e. The summed E-state index contributed by atoms with van der Waals surface area (Å²) < 4.78 is 1.79.